The molecule has 19 heavy (non-hydrogen) atoms. The Kier molecular flexibility index (Phi) is 4.10. The quantitative estimate of drug-likeness (QED) is 0.753. The molecule has 0 spiro atoms. The molecule has 2 nitrogen and oxygen atoms in total. The van der Waals surface area contributed by atoms with E-state index >= 15 is 0 Å². The van der Waals surface area contributed by atoms with Crippen molar-refractivity contribution in [1.29, 1.82) is 0 Å². The number of pyridine rings is 1. The second-order valence-corrected chi connectivity index (χ2v) is 6.89. The smallest absolute Gasteiger partial charge is 0.129 e. The van der Waals surface area contributed by atoms with Crippen LogP contribution in [0.15, 0.2) is 18.3 Å². The predicted octanol–water partition coefficient (Wildman–Crippen LogP) is 4.49. The van der Waals surface area contributed by atoms with Crippen molar-refractivity contribution in [1.82, 2.24) is 4.98 Å². The molecule has 106 valence electrons. The summed E-state index contributed by atoms with van der Waals surface area (Å²) in [5.41, 5.74) is 0.461. The van der Waals surface area contributed by atoms with Gasteiger partial charge >= 0.3 is 0 Å². The molecular formula is C16H25ClN2. The molecule has 1 saturated carbocycles. The number of fused-ring (bicyclic) bond motifs is 1. The van der Waals surface area contributed by atoms with Crippen LogP contribution in [0.25, 0.3) is 0 Å². The van der Waals surface area contributed by atoms with Gasteiger partial charge in [0.15, 0.2) is 0 Å². The summed E-state index contributed by atoms with van der Waals surface area (Å²) in [4.78, 5) is 6.78. The fourth-order valence-electron chi connectivity index (χ4n) is 3.56. The predicted molar refractivity (Wildman–Crippen MR) is 82.7 cm³/mol. The average Bonchev–Trinajstić information content (AvgIpc) is 2.90. The summed E-state index contributed by atoms with van der Waals surface area (Å²) in [6, 6.07) is 3.80. The highest BCUT2D eigenvalue weighted by atomic mass is 35.5. The number of hydrogen-bond donors (Lipinski definition) is 0. The minimum Gasteiger partial charge on any atom is -0.356 e. The molecule has 2 fully saturated rings. The minimum atomic E-state index is 0.461. The molecule has 2 atom stereocenters. The van der Waals surface area contributed by atoms with Crippen LogP contribution in [0.3, 0.4) is 0 Å². The van der Waals surface area contributed by atoms with E-state index in [1.165, 1.54) is 0 Å². The highest BCUT2D eigenvalue weighted by Gasteiger charge is 2.59. The molecule has 2 aliphatic rings. The van der Waals surface area contributed by atoms with E-state index in [9.17, 15) is 0 Å². The van der Waals surface area contributed by atoms with Crippen molar-refractivity contribution < 1.29 is 0 Å². The van der Waals surface area contributed by atoms with Gasteiger partial charge in [-0.25, -0.2) is 4.98 Å². The van der Waals surface area contributed by atoms with Crippen LogP contribution in [0, 0.1) is 23.2 Å². The van der Waals surface area contributed by atoms with E-state index in [4.69, 9.17) is 11.6 Å². The van der Waals surface area contributed by atoms with Gasteiger partial charge in [-0.05, 0) is 35.3 Å². The lowest BCUT2D eigenvalue weighted by Crippen LogP contribution is -2.28. The standard InChI is InChI=1S/C14H19ClN2.C2H6/c1-14(2,3)13-10-7-17(8-11(10)13)12-6-9(15)4-5-16-12;1-2/h4-6,10-11,13H,7-8H2,1-3H3;1-2H3. The Labute approximate surface area is 122 Å². The largest absolute Gasteiger partial charge is 0.356 e. The number of rotatable bonds is 1. The molecule has 1 aromatic heterocycles. The number of piperidine rings is 1. The van der Waals surface area contributed by atoms with Crippen LogP contribution in [0.1, 0.15) is 34.6 Å². The van der Waals surface area contributed by atoms with Crippen molar-refractivity contribution in [3.63, 3.8) is 0 Å². The zero-order valence-electron chi connectivity index (χ0n) is 12.7. The van der Waals surface area contributed by atoms with Gasteiger partial charge in [0, 0.05) is 24.3 Å². The van der Waals surface area contributed by atoms with Crippen molar-refractivity contribution >= 4 is 17.4 Å². The number of nitrogens with zero attached hydrogens (tertiary/aromatic N) is 2. The van der Waals surface area contributed by atoms with Gasteiger partial charge in [0.2, 0.25) is 0 Å². The lowest BCUT2D eigenvalue weighted by molar-refractivity contribution is 0.309. The fraction of sp³-hybridized carbons (Fsp3) is 0.688. The van der Waals surface area contributed by atoms with Gasteiger partial charge in [-0.3, -0.25) is 0 Å². The van der Waals surface area contributed by atoms with Crippen LogP contribution in [0.5, 0.6) is 0 Å². The monoisotopic (exact) mass is 280 g/mol. The van der Waals surface area contributed by atoms with Gasteiger partial charge < -0.3 is 4.90 Å². The Morgan fingerprint density at radius 1 is 1.21 bits per heavy atom. The SMILES string of the molecule is CC.CC(C)(C)C1C2CN(c3cc(Cl)ccn3)CC21. The van der Waals surface area contributed by atoms with Gasteiger partial charge in [0.25, 0.3) is 0 Å². The zero-order valence-corrected chi connectivity index (χ0v) is 13.4. The molecule has 3 rings (SSSR count). The highest BCUT2D eigenvalue weighted by Crippen LogP contribution is 2.60. The lowest BCUT2D eigenvalue weighted by Gasteiger charge is -2.26. The first-order valence-corrected chi connectivity index (χ1v) is 7.71. The second-order valence-electron chi connectivity index (χ2n) is 6.46. The number of halogens is 1. The molecule has 1 saturated heterocycles. The van der Waals surface area contributed by atoms with Gasteiger partial charge in [-0.2, -0.15) is 0 Å². The Balaban J connectivity index is 0.000000637. The molecule has 0 aromatic carbocycles. The van der Waals surface area contributed by atoms with Crippen LogP contribution in [-0.4, -0.2) is 18.1 Å². The van der Waals surface area contributed by atoms with E-state index in [0.29, 0.717) is 5.41 Å². The third-order valence-corrected chi connectivity index (χ3v) is 4.46. The number of aromatic nitrogens is 1. The molecule has 2 unspecified atom stereocenters. The first-order valence-electron chi connectivity index (χ1n) is 7.33. The molecule has 1 aliphatic heterocycles. The molecule has 1 aromatic rings. The first-order chi connectivity index (χ1) is 8.97. The first kappa shape index (κ1) is 14.6. The van der Waals surface area contributed by atoms with Gasteiger partial charge in [0.05, 0.1) is 0 Å². The molecule has 1 aliphatic carbocycles. The molecule has 0 bridgehead atoms. The van der Waals surface area contributed by atoms with Gasteiger partial charge in [-0.15, -0.1) is 0 Å². The van der Waals surface area contributed by atoms with Crippen LogP contribution >= 0.6 is 11.6 Å². The Bertz CT molecular complexity index is 427. The lowest BCUT2D eigenvalue weighted by atomic mass is 9.87. The summed E-state index contributed by atoms with van der Waals surface area (Å²) in [6.07, 6.45) is 1.79. The number of anilines is 1. The summed E-state index contributed by atoms with van der Waals surface area (Å²) in [7, 11) is 0. The summed E-state index contributed by atoms with van der Waals surface area (Å²) < 4.78 is 0. The van der Waals surface area contributed by atoms with Crippen LogP contribution < -0.4 is 4.90 Å². The third kappa shape index (κ3) is 2.89. The van der Waals surface area contributed by atoms with E-state index in [1.54, 1.807) is 6.20 Å². The van der Waals surface area contributed by atoms with Crippen LogP contribution in [-0.2, 0) is 0 Å². The van der Waals surface area contributed by atoms with Gasteiger partial charge in [-0.1, -0.05) is 46.2 Å². The minimum absolute atomic E-state index is 0.461. The third-order valence-electron chi connectivity index (χ3n) is 4.23. The molecule has 2 heterocycles. The maximum absolute atomic E-state index is 6.01. The van der Waals surface area contributed by atoms with Gasteiger partial charge in [0.1, 0.15) is 5.82 Å². The summed E-state index contributed by atoms with van der Waals surface area (Å²) >= 11 is 6.01. The molecular weight excluding hydrogens is 256 g/mol. The number of hydrogen-bond acceptors (Lipinski definition) is 2. The molecule has 0 amide bonds. The van der Waals surface area contributed by atoms with Crippen molar-refractivity contribution in [2.24, 2.45) is 23.2 Å². The normalized spacial score (nSPS) is 28.5. The van der Waals surface area contributed by atoms with E-state index < -0.39 is 0 Å². The van der Waals surface area contributed by atoms with E-state index in [2.05, 4.69) is 30.7 Å². The summed E-state index contributed by atoms with van der Waals surface area (Å²) in [5.74, 6) is 3.68. The van der Waals surface area contributed by atoms with E-state index in [0.717, 1.165) is 41.7 Å². The Morgan fingerprint density at radius 2 is 1.79 bits per heavy atom. The fourth-order valence-corrected chi connectivity index (χ4v) is 3.72. The van der Waals surface area contributed by atoms with E-state index in [1.807, 2.05) is 26.0 Å². The van der Waals surface area contributed by atoms with Crippen molar-refractivity contribution in [2.45, 2.75) is 34.6 Å². The highest BCUT2D eigenvalue weighted by molar-refractivity contribution is 6.30. The topological polar surface area (TPSA) is 16.1 Å². The Morgan fingerprint density at radius 3 is 2.26 bits per heavy atom. The van der Waals surface area contributed by atoms with Crippen molar-refractivity contribution in [3.8, 4) is 0 Å². The van der Waals surface area contributed by atoms with Crippen LogP contribution in [0.2, 0.25) is 5.02 Å². The van der Waals surface area contributed by atoms with E-state index in [-0.39, 0.29) is 0 Å². The van der Waals surface area contributed by atoms with Crippen molar-refractivity contribution in [2.75, 3.05) is 18.0 Å². The molecule has 0 radical (unpaired) electrons. The molecule has 0 N–H and O–H groups in total. The van der Waals surface area contributed by atoms with Crippen molar-refractivity contribution in [3.05, 3.63) is 23.4 Å². The molecule has 3 heteroatoms. The summed E-state index contributed by atoms with van der Waals surface area (Å²) in [5, 5.41) is 0.781. The maximum atomic E-state index is 6.01. The zero-order chi connectivity index (χ0) is 14.2. The second kappa shape index (κ2) is 5.32. The summed E-state index contributed by atoms with van der Waals surface area (Å²) in [6.45, 7) is 13.4. The Hall–Kier alpha value is -0.760. The average molecular weight is 281 g/mol. The maximum Gasteiger partial charge on any atom is 0.129 e. The van der Waals surface area contributed by atoms with Crippen LogP contribution in [0.4, 0.5) is 5.82 Å².